The maximum atomic E-state index is 12.5. The predicted molar refractivity (Wildman–Crippen MR) is 115 cm³/mol. The van der Waals surface area contributed by atoms with E-state index >= 15 is 0 Å². The van der Waals surface area contributed by atoms with Gasteiger partial charge in [-0.1, -0.05) is 22.6 Å². The summed E-state index contributed by atoms with van der Waals surface area (Å²) in [5.74, 6) is 0.708. The third-order valence-electron chi connectivity index (χ3n) is 4.90. The molecule has 7 nitrogen and oxygen atoms in total. The van der Waals surface area contributed by atoms with Crippen LogP contribution in [0.25, 0.3) is 0 Å². The minimum atomic E-state index is -5.30. The van der Waals surface area contributed by atoms with Crippen molar-refractivity contribution in [2.24, 2.45) is 5.92 Å². The van der Waals surface area contributed by atoms with Gasteiger partial charge in [-0.05, 0) is 55.6 Å². The quantitative estimate of drug-likeness (QED) is 0.357. The molecule has 0 spiro atoms. The van der Waals surface area contributed by atoms with E-state index in [-0.39, 0.29) is 24.9 Å². The fraction of sp³-hybridized carbons (Fsp3) is 0.611. The van der Waals surface area contributed by atoms with Gasteiger partial charge in [0, 0.05) is 29.6 Å². The molecule has 1 fully saturated rings. The molecule has 1 aromatic carbocycles. The number of ether oxygens (including phenoxy) is 1. The standard InChI is InChI=1S/C18H25F3IN3O4S/c1-29-16-9-14(11-22)8-15(10-16)17(26)23-12-13-2-5-25(6-3-13)7-4-24-30(27,28)18(19,20)21/h8-10,13,24H,2-7,11-12H2,1H3,(H,23,26). The van der Waals surface area contributed by atoms with Crippen molar-refractivity contribution in [2.75, 3.05) is 39.8 Å². The summed E-state index contributed by atoms with van der Waals surface area (Å²) in [6.07, 6.45) is 1.53. The Hall–Kier alpha value is -1.12. The van der Waals surface area contributed by atoms with Gasteiger partial charge in [0.1, 0.15) is 5.75 Å². The lowest BCUT2D eigenvalue weighted by atomic mass is 9.96. The molecule has 2 rings (SSSR count). The van der Waals surface area contributed by atoms with E-state index in [2.05, 4.69) is 27.9 Å². The van der Waals surface area contributed by atoms with Gasteiger partial charge in [-0.25, -0.2) is 13.1 Å². The molecule has 0 aromatic heterocycles. The van der Waals surface area contributed by atoms with Gasteiger partial charge in [0.25, 0.3) is 5.91 Å². The Labute approximate surface area is 187 Å². The summed E-state index contributed by atoms with van der Waals surface area (Å²) in [5, 5.41) is 2.93. The Morgan fingerprint density at radius 1 is 1.27 bits per heavy atom. The number of alkyl halides is 4. The highest BCUT2D eigenvalue weighted by Gasteiger charge is 2.45. The third-order valence-corrected chi connectivity index (χ3v) is 6.98. The predicted octanol–water partition coefficient (Wildman–Crippen LogP) is 2.51. The van der Waals surface area contributed by atoms with E-state index in [1.165, 1.54) is 0 Å². The van der Waals surface area contributed by atoms with E-state index in [0.717, 1.165) is 22.8 Å². The summed E-state index contributed by atoms with van der Waals surface area (Å²) in [4.78, 5) is 14.4. The molecular formula is C18H25F3IN3O4S. The first-order chi connectivity index (χ1) is 14.1. The van der Waals surface area contributed by atoms with Crippen molar-refractivity contribution in [2.45, 2.75) is 22.8 Å². The first-order valence-electron chi connectivity index (χ1n) is 9.36. The molecule has 1 aromatic rings. The van der Waals surface area contributed by atoms with Crippen LogP contribution < -0.4 is 14.8 Å². The zero-order valence-electron chi connectivity index (χ0n) is 16.5. The number of sulfonamides is 1. The Kier molecular flexibility index (Phi) is 9.18. The fourth-order valence-electron chi connectivity index (χ4n) is 3.16. The average molecular weight is 563 g/mol. The first-order valence-corrected chi connectivity index (χ1v) is 12.4. The van der Waals surface area contributed by atoms with E-state index in [0.29, 0.717) is 30.9 Å². The summed E-state index contributed by atoms with van der Waals surface area (Å²) in [6, 6.07) is 5.40. The maximum absolute atomic E-state index is 12.5. The zero-order chi connectivity index (χ0) is 22.4. The van der Waals surface area contributed by atoms with Crippen LogP contribution >= 0.6 is 22.6 Å². The SMILES string of the molecule is COc1cc(CI)cc(C(=O)NCC2CCN(CCNS(=O)(=O)C(F)(F)F)CC2)c1. The lowest BCUT2D eigenvalue weighted by molar-refractivity contribution is -0.0448. The third kappa shape index (κ3) is 7.24. The second-order valence-electron chi connectivity index (χ2n) is 7.04. The van der Waals surface area contributed by atoms with Crippen molar-refractivity contribution in [3.05, 3.63) is 29.3 Å². The van der Waals surface area contributed by atoms with Gasteiger partial charge in [-0.2, -0.15) is 13.2 Å². The maximum Gasteiger partial charge on any atom is 0.511 e. The summed E-state index contributed by atoms with van der Waals surface area (Å²) in [6.45, 7) is 1.68. The Bertz CT molecular complexity index is 806. The lowest BCUT2D eigenvalue weighted by Crippen LogP contribution is -2.44. The number of rotatable bonds is 9. The van der Waals surface area contributed by atoms with Crippen molar-refractivity contribution in [3.8, 4) is 5.75 Å². The molecule has 0 saturated carbocycles. The van der Waals surface area contributed by atoms with Gasteiger partial charge in [-0.3, -0.25) is 4.79 Å². The molecule has 0 bridgehead atoms. The van der Waals surface area contributed by atoms with Crippen molar-refractivity contribution >= 4 is 38.5 Å². The van der Waals surface area contributed by atoms with Crippen molar-refractivity contribution in [1.29, 1.82) is 0 Å². The van der Waals surface area contributed by atoms with Crippen molar-refractivity contribution < 1.29 is 31.1 Å². The number of nitrogens with zero attached hydrogens (tertiary/aromatic N) is 1. The molecule has 1 saturated heterocycles. The number of amides is 1. The highest BCUT2D eigenvalue weighted by molar-refractivity contribution is 14.1. The number of methoxy groups -OCH3 is 1. The van der Waals surface area contributed by atoms with Crippen LogP contribution in [0.2, 0.25) is 0 Å². The second-order valence-corrected chi connectivity index (χ2v) is 9.56. The number of nitrogens with one attached hydrogen (secondary N) is 2. The molecule has 0 atom stereocenters. The molecule has 1 aliphatic rings. The van der Waals surface area contributed by atoms with Gasteiger partial charge in [-0.15, -0.1) is 0 Å². The van der Waals surface area contributed by atoms with Crippen LogP contribution in [-0.4, -0.2) is 64.6 Å². The van der Waals surface area contributed by atoms with Crippen LogP contribution in [0.5, 0.6) is 5.75 Å². The largest absolute Gasteiger partial charge is 0.511 e. The van der Waals surface area contributed by atoms with E-state index in [1.54, 1.807) is 17.9 Å². The lowest BCUT2D eigenvalue weighted by Gasteiger charge is -2.32. The van der Waals surface area contributed by atoms with E-state index in [4.69, 9.17) is 4.74 Å². The summed E-state index contributed by atoms with van der Waals surface area (Å²) in [7, 11) is -3.75. The van der Waals surface area contributed by atoms with Gasteiger partial charge in [0.05, 0.1) is 7.11 Å². The first kappa shape index (κ1) is 25.1. The molecule has 170 valence electrons. The topological polar surface area (TPSA) is 87.7 Å². The zero-order valence-corrected chi connectivity index (χ0v) is 19.4. The number of carbonyl (C=O) groups is 1. The van der Waals surface area contributed by atoms with Crippen LogP contribution in [0.1, 0.15) is 28.8 Å². The molecule has 0 aliphatic carbocycles. The Morgan fingerprint density at radius 2 is 1.93 bits per heavy atom. The number of hydrogen-bond donors (Lipinski definition) is 2. The van der Waals surface area contributed by atoms with Crippen molar-refractivity contribution in [3.63, 3.8) is 0 Å². The van der Waals surface area contributed by atoms with Crippen LogP contribution in [0.4, 0.5) is 13.2 Å². The number of carbonyl (C=O) groups excluding carboxylic acids is 1. The molecule has 2 N–H and O–H groups in total. The fourth-order valence-corrected chi connectivity index (χ4v) is 4.12. The van der Waals surface area contributed by atoms with Gasteiger partial charge in [0.15, 0.2) is 0 Å². The van der Waals surface area contributed by atoms with Crippen molar-refractivity contribution in [1.82, 2.24) is 14.9 Å². The minimum Gasteiger partial charge on any atom is -0.497 e. The average Bonchev–Trinajstić information content (AvgIpc) is 2.71. The molecule has 1 amide bonds. The number of piperidine rings is 1. The molecule has 0 radical (unpaired) electrons. The number of benzene rings is 1. The monoisotopic (exact) mass is 563 g/mol. The van der Waals surface area contributed by atoms with Gasteiger partial charge < -0.3 is 15.0 Å². The Morgan fingerprint density at radius 3 is 2.50 bits per heavy atom. The summed E-state index contributed by atoms with van der Waals surface area (Å²) < 4.78 is 66.4. The van der Waals surface area contributed by atoms with Crippen LogP contribution in [0.15, 0.2) is 18.2 Å². The molecular weight excluding hydrogens is 538 g/mol. The number of likely N-dealkylation sites (tertiary alicyclic amines) is 1. The van der Waals surface area contributed by atoms with Crippen LogP contribution in [0.3, 0.4) is 0 Å². The van der Waals surface area contributed by atoms with Crippen LogP contribution in [-0.2, 0) is 14.5 Å². The van der Waals surface area contributed by atoms with Gasteiger partial charge >= 0.3 is 15.5 Å². The molecule has 30 heavy (non-hydrogen) atoms. The smallest absolute Gasteiger partial charge is 0.497 e. The van der Waals surface area contributed by atoms with E-state index < -0.39 is 15.5 Å². The van der Waals surface area contributed by atoms with Crippen LogP contribution in [0, 0.1) is 5.92 Å². The second kappa shape index (κ2) is 11.0. The minimum absolute atomic E-state index is 0.177. The molecule has 1 heterocycles. The highest BCUT2D eigenvalue weighted by Crippen LogP contribution is 2.22. The Balaban J connectivity index is 1.74. The summed E-state index contributed by atoms with van der Waals surface area (Å²) in [5.41, 5.74) is -3.76. The summed E-state index contributed by atoms with van der Waals surface area (Å²) >= 11 is 2.22. The number of hydrogen-bond acceptors (Lipinski definition) is 5. The molecule has 0 unspecified atom stereocenters. The van der Waals surface area contributed by atoms with E-state index in [9.17, 15) is 26.4 Å². The van der Waals surface area contributed by atoms with Gasteiger partial charge in [0.2, 0.25) is 0 Å². The molecule has 1 aliphatic heterocycles. The normalized spacial score (nSPS) is 16.4. The highest BCUT2D eigenvalue weighted by atomic mass is 127. The van der Waals surface area contributed by atoms with E-state index in [1.807, 2.05) is 17.0 Å². The molecule has 12 heteroatoms. The number of halogens is 4.